The van der Waals surface area contributed by atoms with E-state index in [1.807, 2.05) is 20.8 Å². The molecule has 1 saturated carbocycles. The van der Waals surface area contributed by atoms with Crippen molar-refractivity contribution < 1.29 is 14.7 Å². The number of aliphatic hydroxyl groups excluding tert-OH is 1. The molecule has 0 aromatic heterocycles. The monoisotopic (exact) mass is 256 g/mol. The first-order chi connectivity index (χ1) is 8.29. The van der Waals surface area contributed by atoms with Crippen LogP contribution >= 0.6 is 0 Å². The zero-order valence-electron chi connectivity index (χ0n) is 11.5. The summed E-state index contributed by atoms with van der Waals surface area (Å²) in [6.45, 7) is 6.09. The Morgan fingerprint density at radius 1 is 1.28 bits per heavy atom. The largest absolute Gasteiger partial charge is 0.394 e. The van der Waals surface area contributed by atoms with Crippen molar-refractivity contribution >= 4 is 11.8 Å². The SMILES string of the molecule is CC(C)(C)C(=O)NCCCC(=O)NC1(CO)CC1. The molecule has 3 N–H and O–H groups in total. The minimum Gasteiger partial charge on any atom is -0.394 e. The fourth-order valence-corrected chi connectivity index (χ4v) is 1.55. The van der Waals surface area contributed by atoms with Crippen molar-refractivity contribution in [3.05, 3.63) is 0 Å². The van der Waals surface area contributed by atoms with Gasteiger partial charge in [-0.25, -0.2) is 0 Å². The number of aliphatic hydroxyl groups is 1. The van der Waals surface area contributed by atoms with Gasteiger partial charge >= 0.3 is 0 Å². The van der Waals surface area contributed by atoms with Gasteiger partial charge in [0.1, 0.15) is 0 Å². The number of carbonyl (C=O) groups excluding carboxylic acids is 2. The van der Waals surface area contributed by atoms with Gasteiger partial charge in [0, 0.05) is 18.4 Å². The zero-order valence-corrected chi connectivity index (χ0v) is 11.5. The van der Waals surface area contributed by atoms with Crippen LogP contribution in [0.5, 0.6) is 0 Å². The maximum atomic E-state index is 11.6. The van der Waals surface area contributed by atoms with E-state index in [1.165, 1.54) is 0 Å². The molecule has 1 aliphatic carbocycles. The predicted molar refractivity (Wildman–Crippen MR) is 68.9 cm³/mol. The molecular weight excluding hydrogens is 232 g/mol. The predicted octanol–water partition coefficient (Wildman–Crippen LogP) is 0.570. The lowest BCUT2D eigenvalue weighted by Crippen LogP contribution is -2.40. The molecule has 0 bridgehead atoms. The van der Waals surface area contributed by atoms with Gasteiger partial charge in [0.15, 0.2) is 0 Å². The van der Waals surface area contributed by atoms with E-state index in [0.717, 1.165) is 12.8 Å². The van der Waals surface area contributed by atoms with Crippen molar-refractivity contribution in [2.45, 2.75) is 52.0 Å². The van der Waals surface area contributed by atoms with Crippen LogP contribution in [-0.2, 0) is 9.59 Å². The molecule has 5 heteroatoms. The maximum absolute atomic E-state index is 11.6. The van der Waals surface area contributed by atoms with Crippen LogP contribution in [0.15, 0.2) is 0 Å². The summed E-state index contributed by atoms with van der Waals surface area (Å²) in [5.41, 5.74) is -0.733. The minimum absolute atomic E-state index is 0.00284. The van der Waals surface area contributed by atoms with Gasteiger partial charge in [-0.1, -0.05) is 20.8 Å². The number of amides is 2. The van der Waals surface area contributed by atoms with Gasteiger partial charge in [0.2, 0.25) is 11.8 Å². The van der Waals surface area contributed by atoms with Gasteiger partial charge in [-0.05, 0) is 19.3 Å². The van der Waals surface area contributed by atoms with Crippen molar-refractivity contribution in [3.63, 3.8) is 0 Å². The number of carbonyl (C=O) groups is 2. The fourth-order valence-electron chi connectivity index (χ4n) is 1.55. The smallest absolute Gasteiger partial charge is 0.225 e. The number of hydrogen-bond donors (Lipinski definition) is 3. The molecule has 0 aliphatic heterocycles. The quantitative estimate of drug-likeness (QED) is 0.608. The van der Waals surface area contributed by atoms with Crippen LogP contribution in [0.2, 0.25) is 0 Å². The molecule has 1 rings (SSSR count). The van der Waals surface area contributed by atoms with Crippen molar-refractivity contribution in [2.75, 3.05) is 13.2 Å². The summed E-state index contributed by atoms with van der Waals surface area (Å²) < 4.78 is 0. The molecule has 0 atom stereocenters. The summed E-state index contributed by atoms with van der Waals surface area (Å²) in [6.07, 6.45) is 2.72. The van der Waals surface area contributed by atoms with E-state index in [9.17, 15) is 9.59 Å². The molecule has 1 aliphatic rings. The van der Waals surface area contributed by atoms with Crippen LogP contribution in [0.25, 0.3) is 0 Å². The van der Waals surface area contributed by atoms with Gasteiger partial charge in [0.25, 0.3) is 0 Å². The Kier molecular flexibility index (Phi) is 4.73. The highest BCUT2D eigenvalue weighted by Gasteiger charge is 2.43. The topological polar surface area (TPSA) is 78.4 Å². The summed E-state index contributed by atoms with van der Waals surface area (Å²) in [4.78, 5) is 23.1. The van der Waals surface area contributed by atoms with Crippen LogP contribution in [-0.4, -0.2) is 35.6 Å². The average Bonchev–Trinajstić information content (AvgIpc) is 3.03. The summed E-state index contributed by atoms with van der Waals surface area (Å²) >= 11 is 0. The highest BCUT2D eigenvalue weighted by molar-refractivity contribution is 5.81. The standard InChI is InChI=1S/C13H24N2O3/c1-12(2,3)11(18)14-8-4-5-10(17)15-13(9-16)6-7-13/h16H,4-9H2,1-3H3,(H,14,18)(H,15,17). The van der Waals surface area contributed by atoms with Crippen LogP contribution < -0.4 is 10.6 Å². The summed E-state index contributed by atoms with van der Waals surface area (Å²) in [5, 5.41) is 14.7. The lowest BCUT2D eigenvalue weighted by molar-refractivity contribution is -0.128. The van der Waals surface area contributed by atoms with E-state index in [1.54, 1.807) is 0 Å². The third-order valence-electron chi connectivity index (χ3n) is 3.11. The Bertz CT molecular complexity index is 317. The number of hydrogen-bond acceptors (Lipinski definition) is 3. The second-order valence-corrected chi connectivity index (χ2v) is 6.10. The first-order valence-electron chi connectivity index (χ1n) is 6.49. The van der Waals surface area contributed by atoms with Crippen molar-refractivity contribution in [3.8, 4) is 0 Å². The van der Waals surface area contributed by atoms with Crippen molar-refractivity contribution in [1.29, 1.82) is 0 Å². The molecule has 0 heterocycles. The first kappa shape index (κ1) is 15.0. The highest BCUT2D eigenvalue weighted by Crippen LogP contribution is 2.34. The Morgan fingerprint density at radius 2 is 1.89 bits per heavy atom. The van der Waals surface area contributed by atoms with Gasteiger partial charge in [0.05, 0.1) is 12.1 Å². The van der Waals surface area contributed by atoms with Crippen molar-refractivity contribution in [2.24, 2.45) is 5.41 Å². The molecule has 1 fully saturated rings. The van der Waals surface area contributed by atoms with E-state index in [2.05, 4.69) is 10.6 Å². The second kappa shape index (κ2) is 5.69. The minimum atomic E-state index is -0.392. The van der Waals surface area contributed by atoms with Crippen LogP contribution in [0.4, 0.5) is 0 Å². The lowest BCUT2D eigenvalue weighted by Gasteiger charge is -2.18. The van der Waals surface area contributed by atoms with Crippen molar-refractivity contribution in [1.82, 2.24) is 10.6 Å². The Labute approximate surface area is 108 Å². The van der Waals surface area contributed by atoms with E-state index < -0.39 is 5.41 Å². The molecule has 0 radical (unpaired) electrons. The molecule has 2 amide bonds. The van der Waals surface area contributed by atoms with Gasteiger partial charge in [-0.2, -0.15) is 0 Å². The number of nitrogens with one attached hydrogen (secondary N) is 2. The maximum Gasteiger partial charge on any atom is 0.225 e. The van der Waals surface area contributed by atoms with Crippen LogP contribution in [0, 0.1) is 5.41 Å². The Morgan fingerprint density at radius 3 is 2.33 bits per heavy atom. The number of rotatable bonds is 6. The molecule has 0 aromatic rings. The fraction of sp³-hybridized carbons (Fsp3) is 0.846. The third kappa shape index (κ3) is 4.64. The molecule has 0 unspecified atom stereocenters. The van der Waals surface area contributed by atoms with E-state index in [-0.39, 0.29) is 24.0 Å². The normalized spacial score (nSPS) is 17.1. The molecule has 18 heavy (non-hydrogen) atoms. The molecular formula is C13H24N2O3. The zero-order chi connectivity index (χ0) is 13.8. The van der Waals surface area contributed by atoms with Crippen LogP contribution in [0.1, 0.15) is 46.5 Å². The second-order valence-electron chi connectivity index (χ2n) is 6.10. The summed E-state index contributed by atoms with van der Waals surface area (Å²) in [6, 6.07) is 0. The molecule has 0 aromatic carbocycles. The molecule has 5 nitrogen and oxygen atoms in total. The van der Waals surface area contributed by atoms with Crippen LogP contribution in [0.3, 0.4) is 0 Å². The molecule has 104 valence electrons. The Balaban J connectivity index is 2.11. The Hall–Kier alpha value is -1.10. The van der Waals surface area contributed by atoms with E-state index in [4.69, 9.17) is 5.11 Å². The first-order valence-corrected chi connectivity index (χ1v) is 6.49. The molecule has 0 saturated heterocycles. The van der Waals surface area contributed by atoms with Gasteiger partial charge in [-0.3, -0.25) is 9.59 Å². The molecule has 0 spiro atoms. The highest BCUT2D eigenvalue weighted by atomic mass is 16.3. The van der Waals surface area contributed by atoms with Gasteiger partial charge in [-0.15, -0.1) is 0 Å². The summed E-state index contributed by atoms with van der Waals surface area (Å²) in [7, 11) is 0. The summed E-state index contributed by atoms with van der Waals surface area (Å²) in [5.74, 6) is -0.0523. The third-order valence-corrected chi connectivity index (χ3v) is 3.11. The lowest BCUT2D eigenvalue weighted by atomic mass is 9.96. The average molecular weight is 256 g/mol. The van der Waals surface area contributed by atoms with E-state index in [0.29, 0.717) is 19.4 Å². The van der Waals surface area contributed by atoms with E-state index >= 15 is 0 Å². The van der Waals surface area contributed by atoms with Gasteiger partial charge < -0.3 is 15.7 Å².